The van der Waals surface area contributed by atoms with Crippen LogP contribution < -0.4 is 5.56 Å². The molecule has 1 fully saturated rings. The van der Waals surface area contributed by atoms with Gasteiger partial charge in [0.2, 0.25) is 0 Å². The fourth-order valence-corrected chi connectivity index (χ4v) is 3.16. The van der Waals surface area contributed by atoms with Gasteiger partial charge in [-0.2, -0.15) is 0 Å². The van der Waals surface area contributed by atoms with Crippen molar-refractivity contribution in [3.63, 3.8) is 0 Å². The van der Waals surface area contributed by atoms with Gasteiger partial charge in [-0.1, -0.05) is 12.8 Å². The Labute approximate surface area is 107 Å². The lowest BCUT2D eigenvalue weighted by Crippen LogP contribution is -2.24. The zero-order valence-corrected chi connectivity index (χ0v) is 11.1. The highest BCUT2D eigenvalue weighted by atomic mass is 79.9. The molecule has 0 radical (unpaired) electrons. The molecule has 1 aliphatic rings. The zero-order valence-electron chi connectivity index (χ0n) is 9.47. The molecule has 0 bridgehead atoms. The molecule has 0 saturated heterocycles. The van der Waals surface area contributed by atoms with Gasteiger partial charge in [-0.05, 0) is 34.7 Å². The second-order valence-electron chi connectivity index (χ2n) is 4.71. The average Bonchev–Trinajstić information content (AvgIpc) is 2.96. The van der Waals surface area contributed by atoms with E-state index in [2.05, 4.69) is 20.9 Å². The zero-order chi connectivity index (χ0) is 11.8. The molecule has 1 saturated carbocycles. The lowest BCUT2D eigenvalue weighted by Gasteiger charge is -2.12. The van der Waals surface area contributed by atoms with E-state index >= 15 is 0 Å². The third-order valence-electron chi connectivity index (χ3n) is 3.54. The Morgan fingerprint density at radius 3 is 2.94 bits per heavy atom. The largest absolute Gasteiger partial charge is 0.311 e. The van der Waals surface area contributed by atoms with Crippen LogP contribution in [-0.2, 0) is 6.54 Å². The van der Waals surface area contributed by atoms with E-state index in [-0.39, 0.29) is 5.56 Å². The minimum atomic E-state index is 0.0533. The van der Waals surface area contributed by atoms with Crippen molar-refractivity contribution in [1.29, 1.82) is 0 Å². The molecule has 0 amide bonds. The van der Waals surface area contributed by atoms with E-state index < -0.39 is 0 Å². The number of hydrogen-bond acceptors (Lipinski definition) is 2. The van der Waals surface area contributed by atoms with Gasteiger partial charge in [0.1, 0.15) is 16.4 Å². The van der Waals surface area contributed by atoms with Crippen molar-refractivity contribution in [3.8, 4) is 0 Å². The summed E-state index contributed by atoms with van der Waals surface area (Å²) in [5.41, 5.74) is 0.690. The summed E-state index contributed by atoms with van der Waals surface area (Å²) in [6, 6.07) is 0. The smallest absolute Gasteiger partial charge is 0.276 e. The quantitative estimate of drug-likeness (QED) is 0.854. The third-order valence-corrected chi connectivity index (χ3v) is 4.13. The maximum Gasteiger partial charge on any atom is 0.276 e. The number of halogens is 1. The predicted molar refractivity (Wildman–Crippen MR) is 69.1 cm³/mol. The van der Waals surface area contributed by atoms with Gasteiger partial charge in [0.15, 0.2) is 0 Å². The number of fused-ring (bicyclic) bond motifs is 1. The molecule has 0 aliphatic heterocycles. The van der Waals surface area contributed by atoms with Crippen molar-refractivity contribution >= 4 is 21.4 Å². The van der Waals surface area contributed by atoms with Gasteiger partial charge >= 0.3 is 0 Å². The molecule has 17 heavy (non-hydrogen) atoms. The molecule has 3 rings (SSSR count). The van der Waals surface area contributed by atoms with Crippen LogP contribution in [0.1, 0.15) is 25.7 Å². The SMILES string of the molecule is O=c1c2cncn2c(Br)cn1CC1CCCC1. The first-order valence-electron chi connectivity index (χ1n) is 5.97. The Balaban J connectivity index is 2.03. The summed E-state index contributed by atoms with van der Waals surface area (Å²) in [5, 5.41) is 0. The van der Waals surface area contributed by atoms with Crippen LogP contribution in [-0.4, -0.2) is 14.0 Å². The first-order chi connectivity index (χ1) is 8.25. The van der Waals surface area contributed by atoms with Gasteiger partial charge in [-0.15, -0.1) is 0 Å². The van der Waals surface area contributed by atoms with Gasteiger partial charge in [0.05, 0.1) is 6.20 Å². The minimum Gasteiger partial charge on any atom is -0.311 e. The van der Waals surface area contributed by atoms with Crippen LogP contribution in [0, 0.1) is 5.92 Å². The number of rotatable bonds is 2. The van der Waals surface area contributed by atoms with Crippen LogP contribution in [0.25, 0.3) is 5.52 Å². The fourth-order valence-electron chi connectivity index (χ4n) is 2.63. The first kappa shape index (κ1) is 11.0. The predicted octanol–water partition coefficient (Wildman–Crippen LogP) is 2.45. The molecule has 4 nitrogen and oxygen atoms in total. The lowest BCUT2D eigenvalue weighted by atomic mass is 10.1. The van der Waals surface area contributed by atoms with Gasteiger partial charge in [-0.3, -0.25) is 9.20 Å². The molecule has 0 atom stereocenters. The standard InChI is InChI=1S/C12H14BrN3O/c13-11-7-15(6-9-3-1-2-4-9)12(17)10-5-14-8-16(10)11/h5,7-9H,1-4,6H2. The fraction of sp³-hybridized carbons (Fsp3) is 0.500. The van der Waals surface area contributed by atoms with Gasteiger partial charge in [0, 0.05) is 12.7 Å². The number of nitrogens with zero attached hydrogens (tertiary/aromatic N) is 3. The van der Waals surface area contributed by atoms with Crippen LogP contribution in [0.4, 0.5) is 0 Å². The van der Waals surface area contributed by atoms with Gasteiger partial charge < -0.3 is 4.57 Å². The molecule has 0 aromatic carbocycles. The summed E-state index contributed by atoms with van der Waals surface area (Å²) >= 11 is 3.47. The molecular formula is C12H14BrN3O. The van der Waals surface area contributed by atoms with E-state index in [1.165, 1.54) is 25.7 Å². The topological polar surface area (TPSA) is 39.3 Å². The van der Waals surface area contributed by atoms with E-state index in [0.29, 0.717) is 11.4 Å². The van der Waals surface area contributed by atoms with Gasteiger partial charge in [0.25, 0.3) is 5.56 Å². The Kier molecular flexibility index (Phi) is 2.78. The monoisotopic (exact) mass is 295 g/mol. The molecule has 0 N–H and O–H groups in total. The maximum absolute atomic E-state index is 12.2. The Morgan fingerprint density at radius 1 is 1.41 bits per heavy atom. The van der Waals surface area contributed by atoms with Crippen molar-refractivity contribution in [1.82, 2.24) is 14.0 Å². The van der Waals surface area contributed by atoms with E-state index in [1.54, 1.807) is 16.9 Å². The van der Waals surface area contributed by atoms with Crippen LogP contribution in [0.2, 0.25) is 0 Å². The van der Waals surface area contributed by atoms with Crippen LogP contribution in [0.5, 0.6) is 0 Å². The summed E-state index contributed by atoms with van der Waals surface area (Å²) in [7, 11) is 0. The molecule has 5 heteroatoms. The van der Waals surface area contributed by atoms with Crippen molar-refractivity contribution in [2.75, 3.05) is 0 Å². The van der Waals surface area contributed by atoms with Crippen LogP contribution in [0.3, 0.4) is 0 Å². The molecule has 0 spiro atoms. The normalized spacial score (nSPS) is 17.0. The van der Waals surface area contributed by atoms with E-state index in [4.69, 9.17) is 0 Å². The number of hydrogen-bond donors (Lipinski definition) is 0. The first-order valence-corrected chi connectivity index (χ1v) is 6.76. The Bertz CT molecular complexity index is 595. The molecule has 2 aromatic heterocycles. The van der Waals surface area contributed by atoms with Crippen molar-refractivity contribution < 1.29 is 0 Å². The maximum atomic E-state index is 12.2. The minimum absolute atomic E-state index is 0.0533. The second kappa shape index (κ2) is 4.29. The summed E-state index contributed by atoms with van der Waals surface area (Å²) in [6.45, 7) is 0.832. The molecule has 0 unspecified atom stereocenters. The van der Waals surface area contributed by atoms with E-state index in [1.807, 2.05) is 10.8 Å². The highest BCUT2D eigenvalue weighted by Crippen LogP contribution is 2.26. The Hall–Kier alpha value is -1.10. The number of imidazole rings is 1. The van der Waals surface area contributed by atoms with Crippen molar-refractivity contribution in [3.05, 3.63) is 33.7 Å². The van der Waals surface area contributed by atoms with Crippen molar-refractivity contribution in [2.24, 2.45) is 5.92 Å². The van der Waals surface area contributed by atoms with E-state index in [0.717, 1.165) is 11.1 Å². The highest BCUT2D eigenvalue weighted by Gasteiger charge is 2.17. The van der Waals surface area contributed by atoms with Crippen molar-refractivity contribution in [2.45, 2.75) is 32.2 Å². The third kappa shape index (κ3) is 1.92. The summed E-state index contributed by atoms with van der Waals surface area (Å²) in [5.74, 6) is 0.657. The molecule has 90 valence electrons. The molecule has 2 aromatic rings. The van der Waals surface area contributed by atoms with Gasteiger partial charge in [-0.25, -0.2) is 4.98 Å². The number of aromatic nitrogens is 3. The second-order valence-corrected chi connectivity index (χ2v) is 5.52. The molecule has 1 aliphatic carbocycles. The summed E-state index contributed by atoms with van der Waals surface area (Å²) in [4.78, 5) is 16.2. The highest BCUT2D eigenvalue weighted by molar-refractivity contribution is 9.10. The van der Waals surface area contributed by atoms with Crippen LogP contribution >= 0.6 is 15.9 Å². The average molecular weight is 296 g/mol. The summed E-state index contributed by atoms with van der Waals surface area (Å²) in [6.07, 6.45) is 10.2. The van der Waals surface area contributed by atoms with Crippen LogP contribution in [0.15, 0.2) is 28.1 Å². The van der Waals surface area contributed by atoms with E-state index in [9.17, 15) is 4.79 Å². The molecular weight excluding hydrogens is 282 g/mol. The Morgan fingerprint density at radius 2 is 2.18 bits per heavy atom. The summed E-state index contributed by atoms with van der Waals surface area (Å²) < 4.78 is 4.47. The molecule has 2 heterocycles. The lowest BCUT2D eigenvalue weighted by molar-refractivity contribution is 0.448.